The van der Waals surface area contributed by atoms with Gasteiger partial charge in [-0.05, 0) is 19.3 Å². The van der Waals surface area contributed by atoms with Crippen LogP contribution in [0.2, 0.25) is 0 Å². The molecule has 2 amide bonds. The second-order valence-corrected chi connectivity index (χ2v) is 3.83. The van der Waals surface area contributed by atoms with Gasteiger partial charge in [-0.2, -0.15) is 0 Å². The summed E-state index contributed by atoms with van der Waals surface area (Å²) in [6.07, 6.45) is 3.48. The van der Waals surface area contributed by atoms with E-state index in [1.165, 1.54) is 4.90 Å². The van der Waals surface area contributed by atoms with Crippen molar-refractivity contribution in [1.29, 1.82) is 0 Å². The highest BCUT2D eigenvalue weighted by Crippen LogP contribution is 2.29. The van der Waals surface area contributed by atoms with Gasteiger partial charge in [-0.15, -0.1) is 0 Å². The lowest BCUT2D eigenvalue weighted by atomic mass is 10.2. The van der Waals surface area contributed by atoms with Crippen molar-refractivity contribution in [3.05, 3.63) is 0 Å². The van der Waals surface area contributed by atoms with Crippen LogP contribution in [0.1, 0.15) is 32.1 Å². The summed E-state index contributed by atoms with van der Waals surface area (Å²) in [5.74, 6) is -0.0547. The second kappa shape index (κ2) is 3.10. The van der Waals surface area contributed by atoms with Crippen LogP contribution in [0.3, 0.4) is 0 Å². The maximum absolute atomic E-state index is 11.5. The first-order valence-electron chi connectivity index (χ1n) is 4.80. The number of nitrogens with zero attached hydrogens (tertiary/aromatic N) is 1. The number of imide groups is 1. The Bertz CT molecular complexity index is 234. The van der Waals surface area contributed by atoms with E-state index in [0.717, 1.165) is 19.3 Å². The summed E-state index contributed by atoms with van der Waals surface area (Å²) in [4.78, 5) is 24.4. The van der Waals surface area contributed by atoms with Gasteiger partial charge in [-0.25, -0.2) is 0 Å². The van der Waals surface area contributed by atoms with Gasteiger partial charge in [-0.3, -0.25) is 14.5 Å². The largest absolute Gasteiger partial charge is 0.326 e. The minimum Gasteiger partial charge on any atom is -0.326 e. The van der Waals surface area contributed by atoms with Crippen molar-refractivity contribution in [2.45, 2.75) is 44.2 Å². The maximum Gasteiger partial charge on any atom is 0.229 e. The van der Waals surface area contributed by atoms with Crippen LogP contribution in [0.15, 0.2) is 0 Å². The van der Waals surface area contributed by atoms with Gasteiger partial charge >= 0.3 is 0 Å². The zero-order valence-electron chi connectivity index (χ0n) is 7.53. The van der Waals surface area contributed by atoms with Crippen LogP contribution in [-0.4, -0.2) is 28.8 Å². The van der Waals surface area contributed by atoms with Gasteiger partial charge in [0.25, 0.3) is 0 Å². The molecule has 1 aliphatic carbocycles. The summed E-state index contributed by atoms with van der Waals surface area (Å²) < 4.78 is 0. The van der Waals surface area contributed by atoms with E-state index < -0.39 is 0 Å². The Hall–Kier alpha value is -0.900. The van der Waals surface area contributed by atoms with Crippen LogP contribution < -0.4 is 5.73 Å². The fourth-order valence-corrected chi connectivity index (χ4v) is 1.80. The summed E-state index contributed by atoms with van der Waals surface area (Å²) in [5, 5.41) is 0. The molecule has 0 spiro atoms. The molecular weight excluding hydrogens is 168 g/mol. The predicted molar refractivity (Wildman–Crippen MR) is 46.7 cm³/mol. The summed E-state index contributed by atoms with van der Waals surface area (Å²) in [7, 11) is 0. The Balaban J connectivity index is 2.11. The van der Waals surface area contributed by atoms with Gasteiger partial charge < -0.3 is 5.73 Å². The van der Waals surface area contributed by atoms with Crippen molar-refractivity contribution in [3.8, 4) is 0 Å². The van der Waals surface area contributed by atoms with E-state index >= 15 is 0 Å². The number of carbonyl (C=O) groups is 2. The number of hydrogen-bond donors (Lipinski definition) is 1. The highest BCUT2D eigenvalue weighted by molar-refractivity contribution is 5.96. The molecule has 0 bridgehead atoms. The molecule has 0 aromatic rings. The molecule has 2 rings (SSSR count). The first-order valence-corrected chi connectivity index (χ1v) is 4.80. The topological polar surface area (TPSA) is 63.4 Å². The van der Waals surface area contributed by atoms with Gasteiger partial charge in [0.2, 0.25) is 11.8 Å². The number of likely N-dealkylation sites (tertiary alicyclic amines) is 1. The molecule has 72 valence electrons. The molecule has 13 heavy (non-hydrogen) atoms. The zero-order valence-corrected chi connectivity index (χ0v) is 7.53. The molecule has 1 saturated carbocycles. The van der Waals surface area contributed by atoms with Crippen molar-refractivity contribution in [3.63, 3.8) is 0 Å². The van der Waals surface area contributed by atoms with Gasteiger partial charge in [0.15, 0.2) is 0 Å². The monoisotopic (exact) mass is 182 g/mol. The Labute approximate surface area is 77.1 Å². The molecule has 1 heterocycles. The molecule has 0 aromatic heterocycles. The van der Waals surface area contributed by atoms with E-state index in [9.17, 15) is 9.59 Å². The second-order valence-electron chi connectivity index (χ2n) is 3.83. The highest BCUT2D eigenvalue weighted by Gasteiger charge is 2.44. The third kappa shape index (κ3) is 1.58. The first-order chi connectivity index (χ1) is 6.20. The third-order valence-corrected chi connectivity index (χ3v) is 2.71. The third-order valence-electron chi connectivity index (χ3n) is 2.71. The Kier molecular flexibility index (Phi) is 2.07. The molecule has 2 N–H and O–H groups in total. The van der Waals surface area contributed by atoms with Crippen molar-refractivity contribution in [2.24, 2.45) is 5.73 Å². The van der Waals surface area contributed by atoms with Crippen molar-refractivity contribution >= 4 is 11.8 Å². The van der Waals surface area contributed by atoms with E-state index in [1.807, 2.05) is 0 Å². The van der Waals surface area contributed by atoms with Crippen LogP contribution in [0, 0.1) is 0 Å². The van der Waals surface area contributed by atoms with Gasteiger partial charge in [0.1, 0.15) is 0 Å². The van der Waals surface area contributed by atoms with Gasteiger partial charge in [0.05, 0.1) is 6.04 Å². The Morgan fingerprint density at radius 2 is 1.62 bits per heavy atom. The fraction of sp³-hybridized carbons (Fsp3) is 0.778. The minimum atomic E-state index is -0.0274. The lowest BCUT2D eigenvalue weighted by Gasteiger charge is -2.17. The van der Waals surface area contributed by atoms with E-state index in [-0.39, 0.29) is 23.9 Å². The highest BCUT2D eigenvalue weighted by atomic mass is 16.2. The number of hydrogen-bond acceptors (Lipinski definition) is 3. The van der Waals surface area contributed by atoms with Crippen LogP contribution in [0.4, 0.5) is 0 Å². The number of carbonyl (C=O) groups excluding carboxylic acids is 2. The predicted octanol–water partition coefficient (Wildman–Crippen LogP) is 0.0152. The number of amides is 2. The van der Waals surface area contributed by atoms with Gasteiger partial charge in [0, 0.05) is 18.9 Å². The van der Waals surface area contributed by atoms with Crippen LogP contribution in [-0.2, 0) is 9.59 Å². The summed E-state index contributed by atoms with van der Waals surface area (Å²) in [6, 6.07) is 0.0455. The van der Waals surface area contributed by atoms with Crippen molar-refractivity contribution in [1.82, 2.24) is 4.90 Å². The average Bonchev–Trinajstić information content (AvgIpc) is 2.78. The minimum absolute atomic E-state index is 0.0121. The first kappa shape index (κ1) is 8.69. The molecule has 2 fully saturated rings. The zero-order chi connectivity index (χ0) is 9.42. The maximum atomic E-state index is 11.5. The van der Waals surface area contributed by atoms with Crippen LogP contribution >= 0.6 is 0 Å². The van der Waals surface area contributed by atoms with E-state index in [4.69, 9.17) is 5.73 Å². The molecule has 1 saturated heterocycles. The van der Waals surface area contributed by atoms with E-state index in [2.05, 4.69) is 0 Å². The summed E-state index contributed by atoms with van der Waals surface area (Å²) in [5.41, 5.74) is 5.63. The molecule has 0 aromatic carbocycles. The SMILES string of the molecule is NC1CC1N1C(=O)CCCCC1=O. The normalized spacial score (nSPS) is 34.7. The molecule has 1 aliphatic heterocycles. The molecule has 4 heteroatoms. The van der Waals surface area contributed by atoms with E-state index in [0.29, 0.717) is 12.8 Å². The lowest BCUT2D eigenvalue weighted by Crippen LogP contribution is -2.39. The van der Waals surface area contributed by atoms with E-state index in [1.54, 1.807) is 0 Å². The van der Waals surface area contributed by atoms with Crippen molar-refractivity contribution in [2.75, 3.05) is 0 Å². The molecule has 0 radical (unpaired) electrons. The van der Waals surface area contributed by atoms with Gasteiger partial charge in [-0.1, -0.05) is 0 Å². The fourth-order valence-electron chi connectivity index (χ4n) is 1.80. The van der Waals surface area contributed by atoms with Crippen LogP contribution in [0.25, 0.3) is 0 Å². The summed E-state index contributed by atoms with van der Waals surface area (Å²) in [6.45, 7) is 0. The number of rotatable bonds is 1. The molecule has 2 atom stereocenters. The average molecular weight is 182 g/mol. The lowest BCUT2D eigenvalue weighted by molar-refractivity contribution is -0.144. The van der Waals surface area contributed by atoms with Crippen LogP contribution in [0.5, 0.6) is 0 Å². The Morgan fingerprint density at radius 3 is 2.00 bits per heavy atom. The quantitative estimate of drug-likeness (QED) is 0.581. The summed E-state index contributed by atoms with van der Waals surface area (Å²) >= 11 is 0. The molecule has 4 nitrogen and oxygen atoms in total. The standard InChI is InChI=1S/C9H14N2O2/c10-6-5-7(6)11-8(12)3-1-2-4-9(11)13/h6-7H,1-5,10H2. The number of nitrogens with two attached hydrogens (primary N) is 1. The molecule has 2 unspecified atom stereocenters. The molecular formula is C9H14N2O2. The molecule has 2 aliphatic rings. The Morgan fingerprint density at radius 1 is 1.15 bits per heavy atom. The smallest absolute Gasteiger partial charge is 0.229 e. The van der Waals surface area contributed by atoms with Crippen molar-refractivity contribution < 1.29 is 9.59 Å².